The molecule has 0 amide bonds. The van der Waals surface area contributed by atoms with E-state index in [0.717, 1.165) is 23.5 Å². The molecule has 0 aliphatic heterocycles. The fourth-order valence-corrected chi connectivity index (χ4v) is 2.11. The number of rotatable bonds is 5. The van der Waals surface area contributed by atoms with Gasteiger partial charge in [0, 0.05) is 12.2 Å². The highest BCUT2D eigenvalue weighted by Crippen LogP contribution is 2.13. The highest BCUT2D eigenvalue weighted by Gasteiger charge is 1.95. The number of halogens is 1. The third kappa shape index (κ3) is 4.58. The third-order valence-corrected chi connectivity index (χ3v) is 2.91. The maximum atomic E-state index is 12.5. The summed E-state index contributed by atoms with van der Waals surface area (Å²) in [6, 6.07) is 6.54. The SMILES string of the molecule is NC(=S)CCSCc1ccc(F)cc1. The largest absolute Gasteiger partial charge is 0.393 e. The molecule has 1 nitrogen and oxygen atoms in total. The average Bonchev–Trinajstić information content (AvgIpc) is 2.15. The smallest absolute Gasteiger partial charge is 0.123 e. The molecule has 0 spiro atoms. The molecule has 0 fully saturated rings. The van der Waals surface area contributed by atoms with Crippen molar-refractivity contribution >= 4 is 29.0 Å². The van der Waals surface area contributed by atoms with Crippen LogP contribution in [0.2, 0.25) is 0 Å². The van der Waals surface area contributed by atoms with Crippen LogP contribution in [0.15, 0.2) is 24.3 Å². The predicted molar refractivity (Wildman–Crippen MR) is 64.0 cm³/mol. The molecule has 4 heteroatoms. The molecule has 0 saturated heterocycles. The summed E-state index contributed by atoms with van der Waals surface area (Å²) >= 11 is 6.51. The van der Waals surface area contributed by atoms with Crippen LogP contribution in [0.3, 0.4) is 0 Å². The van der Waals surface area contributed by atoms with Crippen LogP contribution in [0.4, 0.5) is 4.39 Å². The van der Waals surface area contributed by atoms with E-state index in [1.165, 1.54) is 12.1 Å². The van der Waals surface area contributed by atoms with Crippen LogP contribution >= 0.6 is 24.0 Å². The van der Waals surface area contributed by atoms with Crippen molar-refractivity contribution in [3.63, 3.8) is 0 Å². The summed E-state index contributed by atoms with van der Waals surface area (Å²) in [4.78, 5) is 0.552. The molecule has 0 radical (unpaired) electrons. The van der Waals surface area contributed by atoms with Gasteiger partial charge in [0.15, 0.2) is 0 Å². The average molecular weight is 229 g/mol. The first kappa shape index (κ1) is 11.5. The summed E-state index contributed by atoms with van der Waals surface area (Å²) < 4.78 is 12.5. The molecule has 1 rings (SSSR count). The molecular formula is C10H12FNS2. The van der Waals surface area contributed by atoms with Crippen molar-refractivity contribution in [2.45, 2.75) is 12.2 Å². The van der Waals surface area contributed by atoms with Gasteiger partial charge >= 0.3 is 0 Å². The summed E-state index contributed by atoms with van der Waals surface area (Å²) in [5.41, 5.74) is 6.48. The van der Waals surface area contributed by atoms with Gasteiger partial charge in [-0.15, -0.1) is 0 Å². The minimum atomic E-state index is -0.193. The van der Waals surface area contributed by atoms with Crippen LogP contribution in [0.25, 0.3) is 0 Å². The molecule has 0 aliphatic rings. The van der Waals surface area contributed by atoms with Crippen LogP contribution in [0.5, 0.6) is 0 Å². The highest BCUT2D eigenvalue weighted by atomic mass is 32.2. The summed E-state index contributed by atoms with van der Waals surface area (Å²) in [5, 5.41) is 0. The van der Waals surface area contributed by atoms with Crippen molar-refractivity contribution in [3.8, 4) is 0 Å². The van der Waals surface area contributed by atoms with Gasteiger partial charge in [-0.1, -0.05) is 24.4 Å². The lowest BCUT2D eigenvalue weighted by Crippen LogP contribution is -2.08. The number of nitrogens with two attached hydrogens (primary N) is 1. The molecule has 0 aromatic heterocycles. The van der Waals surface area contributed by atoms with Gasteiger partial charge in [0.05, 0.1) is 4.99 Å². The Bertz CT molecular complexity index is 297. The Morgan fingerprint density at radius 1 is 1.36 bits per heavy atom. The molecule has 0 bridgehead atoms. The molecule has 0 unspecified atom stereocenters. The van der Waals surface area contributed by atoms with Crippen LogP contribution in [0, 0.1) is 5.82 Å². The van der Waals surface area contributed by atoms with Crippen LogP contribution in [-0.4, -0.2) is 10.7 Å². The summed E-state index contributed by atoms with van der Waals surface area (Å²) in [5.74, 6) is 1.61. The standard InChI is InChI=1S/C10H12FNS2/c11-9-3-1-8(2-4-9)7-14-6-5-10(12)13/h1-4H,5-7H2,(H2,12,13). The van der Waals surface area contributed by atoms with Gasteiger partial charge in [-0.2, -0.15) is 11.8 Å². The van der Waals surface area contributed by atoms with Crippen molar-refractivity contribution in [1.29, 1.82) is 0 Å². The quantitative estimate of drug-likeness (QED) is 0.621. The Balaban J connectivity index is 2.25. The second kappa shape index (κ2) is 5.98. The Hall–Kier alpha value is -0.610. The lowest BCUT2D eigenvalue weighted by Gasteiger charge is -2.00. The fourth-order valence-electron chi connectivity index (χ4n) is 0.943. The van der Waals surface area contributed by atoms with E-state index in [2.05, 4.69) is 0 Å². The number of thiocarbonyl (C=S) groups is 1. The third-order valence-electron chi connectivity index (χ3n) is 1.67. The van der Waals surface area contributed by atoms with Crippen molar-refractivity contribution in [1.82, 2.24) is 0 Å². The molecule has 1 aromatic carbocycles. The minimum Gasteiger partial charge on any atom is -0.393 e. The Morgan fingerprint density at radius 2 is 2.00 bits per heavy atom. The summed E-state index contributed by atoms with van der Waals surface area (Å²) in [6.45, 7) is 0. The predicted octanol–water partition coefficient (Wildman–Crippen LogP) is 2.74. The molecular weight excluding hydrogens is 217 g/mol. The van der Waals surface area contributed by atoms with E-state index >= 15 is 0 Å². The van der Waals surface area contributed by atoms with Crippen molar-refractivity contribution in [3.05, 3.63) is 35.6 Å². The van der Waals surface area contributed by atoms with Gasteiger partial charge < -0.3 is 5.73 Å². The van der Waals surface area contributed by atoms with Gasteiger partial charge in [-0.3, -0.25) is 0 Å². The fraction of sp³-hybridized carbons (Fsp3) is 0.300. The monoisotopic (exact) mass is 229 g/mol. The topological polar surface area (TPSA) is 26.0 Å². The maximum Gasteiger partial charge on any atom is 0.123 e. The number of hydrogen-bond acceptors (Lipinski definition) is 2. The lowest BCUT2D eigenvalue weighted by molar-refractivity contribution is 0.627. The maximum absolute atomic E-state index is 12.5. The lowest BCUT2D eigenvalue weighted by atomic mass is 10.2. The van der Waals surface area contributed by atoms with Gasteiger partial charge in [-0.05, 0) is 23.4 Å². The van der Waals surface area contributed by atoms with E-state index in [1.54, 1.807) is 23.9 Å². The van der Waals surface area contributed by atoms with Crippen molar-refractivity contribution in [2.24, 2.45) is 5.73 Å². The first-order chi connectivity index (χ1) is 6.68. The van der Waals surface area contributed by atoms with Crippen LogP contribution in [0.1, 0.15) is 12.0 Å². The summed E-state index contributed by atoms with van der Waals surface area (Å²) in [6.07, 6.45) is 0.765. The highest BCUT2D eigenvalue weighted by molar-refractivity contribution is 7.98. The van der Waals surface area contributed by atoms with Gasteiger partial charge in [0.25, 0.3) is 0 Å². The van der Waals surface area contributed by atoms with E-state index in [4.69, 9.17) is 18.0 Å². The Labute approximate surface area is 92.9 Å². The minimum absolute atomic E-state index is 0.193. The van der Waals surface area contributed by atoms with Crippen LogP contribution < -0.4 is 5.73 Å². The molecule has 14 heavy (non-hydrogen) atoms. The molecule has 76 valence electrons. The van der Waals surface area contributed by atoms with Gasteiger partial charge in [0.1, 0.15) is 5.82 Å². The Morgan fingerprint density at radius 3 is 2.57 bits per heavy atom. The van der Waals surface area contributed by atoms with E-state index in [1.807, 2.05) is 0 Å². The zero-order valence-electron chi connectivity index (χ0n) is 7.70. The van der Waals surface area contributed by atoms with Crippen molar-refractivity contribution in [2.75, 3.05) is 5.75 Å². The van der Waals surface area contributed by atoms with E-state index in [0.29, 0.717) is 4.99 Å². The molecule has 0 heterocycles. The second-order valence-electron chi connectivity index (χ2n) is 2.90. The van der Waals surface area contributed by atoms with E-state index in [9.17, 15) is 4.39 Å². The summed E-state index contributed by atoms with van der Waals surface area (Å²) in [7, 11) is 0. The number of hydrogen-bond donors (Lipinski definition) is 1. The second-order valence-corrected chi connectivity index (χ2v) is 4.52. The van der Waals surface area contributed by atoms with E-state index < -0.39 is 0 Å². The molecule has 1 aromatic rings. The van der Waals surface area contributed by atoms with Crippen molar-refractivity contribution < 1.29 is 4.39 Å². The van der Waals surface area contributed by atoms with Crippen LogP contribution in [-0.2, 0) is 5.75 Å². The molecule has 2 N–H and O–H groups in total. The number of benzene rings is 1. The normalized spacial score (nSPS) is 10.1. The van der Waals surface area contributed by atoms with Gasteiger partial charge in [-0.25, -0.2) is 4.39 Å². The van der Waals surface area contributed by atoms with E-state index in [-0.39, 0.29) is 5.82 Å². The number of thioether (sulfide) groups is 1. The zero-order valence-corrected chi connectivity index (χ0v) is 9.34. The molecule has 0 atom stereocenters. The molecule has 0 saturated carbocycles. The molecule has 0 aliphatic carbocycles. The first-order valence-corrected chi connectivity index (χ1v) is 5.85. The zero-order chi connectivity index (χ0) is 10.4. The first-order valence-electron chi connectivity index (χ1n) is 4.29. The Kier molecular flexibility index (Phi) is 4.90. The van der Waals surface area contributed by atoms with Gasteiger partial charge in [0.2, 0.25) is 0 Å².